The molecule has 0 radical (unpaired) electrons. The summed E-state index contributed by atoms with van der Waals surface area (Å²) in [6.45, 7) is 3.52. The van der Waals surface area contributed by atoms with Crippen LogP contribution in [0, 0.1) is 5.92 Å². The van der Waals surface area contributed by atoms with Gasteiger partial charge in [-0.1, -0.05) is 153 Å². The minimum absolute atomic E-state index is 0.244. The van der Waals surface area contributed by atoms with Crippen molar-refractivity contribution in [2.45, 2.75) is 17.8 Å². The maximum absolute atomic E-state index is 10.2. The molecule has 0 aliphatic heterocycles. The van der Waals surface area contributed by atoms with Crippen molar-refractivity contribution in [1.82, 2.24) is 0 Å². The number of phenols is 2. The van der Waals surface area contributed by atoms with Gasteiger partial charge in [-0.15, -0.1) is 0 Å². The standard InChI is InChI=1S/C54H43NO3/c1-36(34-55-41-26-18-37(19-27-41)53(38-20-28-42(56)29-21-38)49-14-6-2-10-45(49)46-11-3-7-15-50(46)53)35-58-44-32-24-40(25-33-44)54(39-22-30-43(57)31-23-39)51-16-8-4-12-47(51)48-13-5-9-17-52(48)54/h2-33,36,55-57H,34-35H2,1H3. The van der Waals surface area contributed by atoms with Crippen LogP contribution in [0.25, 0.3) is 22.3 Å². The molecule has 0 fully saturated rings. The molecule has 1 unspecified atom stereocenters. The molecule has 0 bridgehead atoms. The van der Waals surface area contributed by atoms with Crippen LogP contribution in [0.1, 0.15) is 51.4 Å². The Hall–Kier alpha value is -7.04. The highest BCUT2D eigenvalue weighted by Crippen LogP contribution is 2.57. The van der Waals surface area contributed by atoms with E-state index in [1.807, 2.05) is 12.1 Å². The molecule has 0 saturated carbocycles. The maximum Gasteiger partial charge on any atom is 0.119 e. The average Bonchev–Trinajstić information content (AvgIpc) is 3.75. The summed E-state index contributed by atoms with van der Waals surface area (Å²) in [6.07, 6.45) is 0. The molecule has 0 amide bonds. The largest absolute Gasteiger partial charge is 0.508 e. The fourth-order valence-electron chi connectivity index (χ4n) is 9.70. The highest BCUT2D eigenvalue weighted by atomic mass is 16.5. The van der Waals surface area contributed by atoms with Gasteiger partial charge < -0.3 is 20.3 Å². The number of anilines is 1. The summed E-state index contributed by atoms with van der Waals surface area (Å²) in [5.41, 5.74) is 14.5. The maximum atomic E-state index is 10.2. The zero-order valence-corrected chi connectivity index (χ0v) is 32.3. The zero-order valence-electron chi connectivity index (χ0n) is 32.3. The van der Waals surface area contributed by atoms with Gasteiger partial charge >= 0.3 is 0 Å². The molecule has 0 spiro atoms. The third-order valence-corrected chi connectivity index (χ3v) is 12.3. The molecule has 10 rings (SSSR count). The summed E-state index contributed by atoms with van der Waals surface area (Å²) in [7, 11) is 0. The van der Waals surface area contributed by atoms with Crippen molar-refractivity contribution in [2.24, 2.45) is 5.92 Å². The molecule has 2 aliphatic rings. The Balaban J connectivity index is 0.871. The van der Waals surface area contributed by atoms with Crippen LogP contribution in [-0.4, -0.2) is 23.4 Å². The molecule has 0 saturated heterocycles. The fraction of sp³-hybridized carbons (Fsp3) is 0.111. The van der Waals surface area contributed by atoms with E-state index in [1.54, 1.807) is 24.3 Å². The summed E-state index contributed by atoms with van der Waals surface area (Å²) in [5, 5.41) is 24.1. The third-order valence-electron chi connectivity index (χ3n) is 12.3. The lowest BCUT2D eigenvalue weighted by molar-refractivity contribution is 0.266. The summed E-state index contributed by atoms with van der Waals surface area (Å²) in [5.74, 6) is 1.59. The monoisotopic (exact) mass is 753 g/mol. The summed E-state index contributed by atoms with van der Waals surface area (Å²) in [6, 6.07) is 67.4. The molecule has 4 nitrogen and oxygen atoms in total. The Morgan fingerprint density at radius 1 is 0.431 bits per heavy atom. The molecule has 4 heteroatoms. The summed E-state index contributed by atoms with van der Waals surface area (Å²) in [4.78, 5) is 0. The number of fused-ring (bicyclic) bond motifs is 6. The predicted molar refractivity (Wildman–Crippen MR) is 234 cm³/mol. The van der Waals surface area contributed by atoms with E-state index in [9.17, 15) is 10.2 Å². The lowest BCUT2D eigenvalue weighted by atomic mass is 9.67. The molecular weight excluding hydrogens is 711 g/mol. The Bertz CT molecular complexity index is 2470. The average molecular weight is 754 g/mol. The van der Waals surface area contributed by atoms with Gasteiger partial charge in [-0.05, 0) is 115 Å². The van der Waals surface area contributed by atoms with E-state index < -0.39 is 10.8 Å². The van der Waals surface area contributed by atoms with Crippen molar-refractivity contribution in [2.75, 3.05) is 18.5 Å². The summed E-state index contributed by atoms with van der Waals surface area (Å²) < 4.78 is 6.40. The third kappa shape index (κ3) is 5.51. The van der Waals surface area contributed by atoms with Gasteiger partial charge in [-0.2, -0.15) is 0 Å². The molecule has 0 heterocycles. The van der Waals surface area contributed by atoms with Gasteiger partial charge in [0.05, 0.1) is 17.4 Å². The van der Waals surface area contributed by atoms with Crippen LogP contribution in [0.4, 0.5) is 5.69 Å². The minimum atomic E-state index is -0.527. The van der Waals surface area contributed by atoms with Gasteiger partial charge in [-0.3, -0.25) is 0 Å². The van der Waals surface area contributed by atoms with Gasteiger partial charge in [0, 0.05) is 18.2 Å². The first-order valence-electron chi connectivity index (χ1n) is 20.0. The molecular formula is C54H43NO3. The number of hydrogen-bond donors (Lipinski definition) is 3. The number of phenolic OH excluding ortho intramolecular Hbond substituents is 2. The van der Waals surface area contributed by atoms with Crippen LogP contribution in [0.5, 0.6) is 17.2 Å². The van der Waals surface area contributed by atoms with Crippen LogP contribution in [-0.2, 0) is 10.8 Å². The Kier molecular flexibility index (Phi) is 8.64. The predicted octanol–water partition coefficient (Wildman–Crippen LogP) is 12.0. The second-order valence-corrected chi connectivity index (χ2v) is 15.7. The van der Waals surface area contributed by atoms with Crippen molar-refractivity contribution < 1.29 is 14.9 Å². The molecule has 282 valence electrons. The highest BCUT2D eigenvalue weighted by molar-refractivity contribution is 5.87. The lowest BCUT2D eigenvalue weighted by Gasteiger charge is -2.34. The SMILES string of the molecule is CC(CNc1ccc(C2(c3ccc(O)cc3)c3ccccc3-c3ccccc32)cc1)COc1ccc(C2(c3ccc(O)cc3)c3ccccc3-c3ccccc32)cc1. The molecule has 1 atom stereocenters. The molecule has 3 N–H and O–H groups in total. The molecule has 58 heavy (non-hydrogen) atoms. The number of benzene rings is 8. The first-order chi connectivity index (χ1) is 28.5. The second-order valence-electron chi connectivity index (χ2n) is 15.7. The first-order valence-corrected chi connectivity index (χ1v) is 20.0. The molecule has 8 aromatic carbocycles. The van der Waals surface area contributed by atoms with E-state index >= 15 is 0 Å². The number of nitrogens with one attached hydrogen (secondary N) is 1. The molecule has 8 aromatic rings. The van der Waals surface area contributed by atoms with Gasteiger partial charge in [0.1, 0.15) is 17.2 Å². The van der Waals surface area contributed by atoms with Crippen molar-refractivity contribution in [3.63, 3.8) is 0 Å². The van der Waals surface area contributed by atoms with Crippen molar-refractivity contribution in [1.29, 1.82) is 0 Å². The van der Waals surface area contributed by atoms with Gasteiger partial charge in [0.15, 0.2) is 0 Å². The van der Waals surface area contributed by atoms with E-state index in [4.69, 9.17) is 4.74 Å². The van der Waals surface area contributed by atoms with E-state index in [0.29, 0.717) is 6.61 Å². The van der Waals surface area contributed by atoms with Crippen molar-refractivity contribution in [3.8, 4) is 39.5 Å². The van der Waals surface area contributed by atoms with E-state index in [1.165, 1.54) is 50.1 Å². The fourth-order valence-corrected chi connectivity index (χ4v) is 9.70. The molecule has 2 aliphatic carbocycles. The zero-order chi connectivity index (χ0) is 39.3. The number of rotatable bonds is 10. The van der Waals surface area contributed by atoms with E-state index in [0.717, 1.165) is 34.7 Å². The minimum Gasteiger partial charge on any atom is -0.508 e. The smallest absolute Gasteiger partial charge is 0.119 e. The van der Waals surface area contributed by atoms with Crippen molar-refractivity contribution >= 4 is 5.69 Å². The van der Waals surface area contributed by atoms with Crippen LogP contribution >= 0.6 is 0 Å². The van der Waals surface area contributed by atoms with Crippen molar-refractivity contribution in [3.05, 3.63) is 239 Å². The Morgan fingerprint density at radius 3 is 1.14 bits per heavy atom. The second kappa shape index (κ2) is 14.2. The topological polar surface area (TPSA) is 61.7 Å². The lowest BCUT2D eigenvalue weighted by Crippen LogP contribution is -2.28. The van der Waals surface area contributed by atoms with Crippen LogP contribution < -0.4 is 10.1 Å². The highest BCUT2D eigenvalue weighted by Gasteiger charge is 2.47. The summed E-state index contributed by atoms with van der Waals surface area (Å²) >= 11 is 0. The van der Waals surface area contributed by atoms with Crippen LogP contribution in [0.15, 0.2) is 194 Å². The van der Waals surface area contributed by atoms with Gasteiger partial charge in [0.2, 0.25) is 0 Å². The number of hydrogen-bond acceptors (Lipinski definition) is 4. The first kappa shape index (κ1) is 35.4. The number of aromatic hydroxyl groups is 2. The van der Waals surface area contributed by atoms with Crippen LogP contribution in [0.3, 0.4) is 0 Å². The Labute approximate surface area is 339 Å². The quantitative estimate of drug-likeness (QED) is 0.130. The Morgan fingerprint density at radius 2 is 0.759 bits per heavy atom. The van der Waals surface area contributed by atoms with Gasteiger partial charge in [-0.25, -0.2) is 0 Å². The van der Waals surface area contributed by atoms with Crippen LogP contribution in [0.2, 0.25) is 0 Å². The number of ether oxygens (including phenoxy) is 1. The normalized spacial score (nSPS) is 14.4. The van der Waals surface area contributed by atoms with Gasteiger partial charge in [0.25, 0.3) is 0 Å². The van der Waals surface area contributed by atoms with E-state index in [2.05, 4.69) is 170 Å². The van der Waals surface area contributed by atoms with E-state index in [-0.39, 0.29) is 17.4 Å². The molecule has 0 aromatic heterocycles.